The van der Waals surface area contributed by atoms with Gasteiger partial charge in [-0.1, -0.05) is 117 Å². The molecule has 4 aliphatic carbocycles. The Balaban J connectivity index is 0.000000127. The number of furan rings is 1. The third kappa shape index (κ3) is 21.2. The summed E-state index contributed by atoms with van der Waals surface area (Å²) in [5.74, 6) is 2.15. The van der Waals surface area contributed by atoms with Crippen LogP contribution in [0.3, 0.4) is 0 Å². The maximum Gasteiger partial charge on any atom is 0.268 e. The lowest BCUT2D eigenvalue weighted by atomic mass is 9.64. The molecule has 7 N–H and O–H groups in total. The van der Waals surface area contributed by atoms with Crippen molar-refractivity contribution in [1.29, 1.82) is 0 Å². The Bertz CT molecular complexity index is 6970. The number of aromatic nitrogens is 8. The fourth-order valence-corrected chi connectivity index (χ4v) is 23.8. The second-order valence-corrected chi connectivity index (χ2v) is 45.4. The molecule has 21 rings (SSSR count). The number of dihydropyridines is 1. The molecule has 13 heterocycles. The number of likely N-dealkylation sites (N-methyl/N-ethyl adjacent to an activating group) is 1. The lowest BCUT2D eigenvalue weighted by molar-refractivity contribution is -0.126. The molecule has 29 nitrogen and oxygen atoms in total. The molecular formula is C112H131FN20O9S2. The van der Waals surface area contributed by atoms with E-state index in [1.165, 1.54) is 53.9 Å². The van der Waals surface area contributed by atoms with E-state index in [0.29, 0.717) is 68.2 Å². The largest absolute Gasteiger partial charge is 0.464 e. The Morgan fingerprint density at radius 3 is 1.22 bits per heavy atom. The number of thiophene rings is 2. The highest BCUT2D eigenvalue weighted by Crippen LogP contribution is 2.60. The van der Waals surface area contributed by atoms with Crippen molar-refractivity contribution in [3.8, 4) is 10.6 Å². The van der Waals surface area contributed by atoms with Gasteiger partial charge < -0.3 is 63.1 Å². The van der Waals surface area contributed by atoms with Crippen LogP contribution in [0.4, 0.5) is 28.2 Å². The Morgan fingerprint density at radius 2 is 0.854 bits per heavy atom. The van der Waals surface area contributed by atoms with Crippen LogP contribution in [0, 0.1) is 32.5 Å². The number of hydrogen-bond acceptors (Lipinski definition) is 19. The van der Waals surface area contributed by atoms with Gasteiger partial charge in [0.2, 0.25) is 47.4 Å². The zero-order chi connectivity index (χ0) is 102. The number of allylic oxidation sites excluding steroid dienone is 1. The van der Waals surface area contributed by atoms with E-state index in [9.17, 15) is 42.7 Å². The average molecular weight is 1980 g/mol. The lowest BCUT2D eigenvalue weighted by Crippen LogP contribution is -2.42. The van der Waals surface area contributed by atoms with Crippen LogP contribution in [0.5, 0.6) is 0 Å². The lowest BCUT2D eigenvalue weighted by Gasteiger charge is -2.46. The Hall–Kier alpha value is -13.7. The smallest absolute Gasteiger partial charge is 0.268 e. The summed E-state index contributed by atoms with van der Waals surface area (Å²) in [6.45, 7) is 45.9. The number of para-hydroxylation sites is 4. The van der Waals surface area contributed by atoms with Crippen molar-refractivity contribution >= 4 is 138 Å². The number of amides is 8. The second kappa shape index (κ2) is 40.8. The quantitative estimate of drug-likeness (QED) is 0.0276. The van der Waals surface area contributed by atoms with E-state index in [2.05, 4.69) is 186 Å². The maximum absolute atomic E-state index is 13.8. The summed E-state index contributed by atoms with van der Waals surface area (Å²) < 4.78 is 28.0. The van der Waals surface area contributed by atoms with E-state index < -0.39 is 6.17 Å². The summed E-state index contributed by atoms with van der Waals surface area (Å²) >= 11 is 2.56. The average Bonchev–Trinajstić information content (AvgIpc) is 1.59. The first-order valence-corrected chi connectivity index (χ1v) is 51.7. The number of nitrogens with one attached hydrogen (secondary N) is 7. The number of alkyl halides is 1. The standard InChI is InChI=1S/C33H39N5O3S.C31H40FN5O2S.C24H27N5O2.C24H25N5O2/c1-6-29(39)37-14-13-33(20-37)17-23(18-33)38-25-10-9-22(19-34-21(2)32(3,4)5)16-24(25)35-31(38)36-30(40)28-12-11-27(42-28)26-8-7-15-41-26;1-7-27(38)36-13-12-31(18-36)15-22(16-31)37-24-9-8-21(17-33-20(3)30(4,5)6)14-23(24)34-29(37)35-28(39)26-11-10-25(40-26)19(2)32;1-3-21(30)28-13-10-24(16-28)14-18(15-24)29-20-7-5-4-6-19(20)25-23(29)26-22(31)17-8-11-27(2)12-9-17;1-3-21(30)28-11-10-24(15-28)12-18(13-24)29-20-7-5-4-6-19(20)26-23(29)27-22(31)17-9-8-16(2)25-14-17/h6-12,15-16,21,23,34H,1,13-14,17-20H2,2-5H3,(H,35,36,40);7-11,14,19-20,22,33H,1,12-13,15-18H2,2-6H3,(H,34,35,39);3-9,11,18H,1,10,12-16H2,2H3,(H,25,26,31);3-9,14,18,25H,1-2,10-13,15H2,(H,26,27,31)/t21-,23?,33?;19?,20-,22?,31?;;/m00../s1. The number of likely N-dealkylation sites (tertiary alicyclic amines) is 4. The summed E-state index contributed by atoms with van der Waals surface area (Å²) in [4.78, 5) is 132. The van der Waals surface area contributed by atoms with Gasteiger partial charge in [0.15, 0.2) is 0 Å². The molecule has 752 valence electrons. The molecule has 0 radical (unpaired) electrons. The van der Waals surface area contributed by atoms with E-state index in [0.717, 1.165) is 214 Å². The minimum absolute atomic E-state index is 0.00291. The van der Waals surface area contributed by atoms with Gasteiger partial charge in [-0.25, -0.2) is 24.3 Å². The summed E-state index contributed by atoms with van der Waals surface area (Å²) in [6.07, 6.45) is 28.5. The van der Waals surface area contributed by atoms with Crippen molar-refractivity contribution in [2.45, 2.75) is 195 Å². The number of fused-ring (bicyclic) bond motifs is 4. The fraction of sp³-hybridized carbons (Fsp3) is 0.411. The summed E-state index contributed by atoms with van der Waals surface area (Å²) in [6, 6.07) is 41.0. The van der Waals surface area contributed by atoms with Crippen molar-refractivity contribution in [3.63, 3.8) is 0 Å². The van der Waals surface area contributed by atoms with Gasteiger partial charge in [0.1, 0.15) is 11.9 Å². The molecule has 11 aromatic rings. The van der Waals surface area contributed by atoms with E-state index in [1.54, 1.807) is 36.7 Å². The van der Waals surface area contributed by atoms with Gasteiger partial charge in [-0.2, -0.15) is 0 Å². The van der Waals surface area contributed by atoms with Gasteiger partial charge in [-0.05, 0) is 275 Å². The molecule has 4 saturated carbocycles. The van der Waals surface area contributed by atoms with Crippen LogP contribution in [0.1, 0.15) is 205 Å². The molecule has 4 aromatic carbocycles. The number of benzene rings is 4. The normalized spacial score (nSPS) is 23.0. The number of carbonyl (C=O) groups excluding carboxylic acids is 8. The molecule has 7 aromatic heterocycles. The van der Waals surface area contributed by atoms with Crippen LogP contribution < -0.4 is 37.2 Å². The Morgan fingerprint density at radius 1 is 0.472 bits per heavy atom. The van der Waals surface area contributed by atoms with Crippen molar-refractivity contribution in [2.75, 3.05) is 87.2 Å². The minimum Gasteiger partial charge on any atom is -0.464 e. The molecule has 0 bridgehead atoms. The molecular weight excluding hydrogens is 1850 g/mol. The summed E-state index contributed by atoms with van der Waals surface area (Å²) in [5.41, 5.74) is 12.5. The van der Waals surface area contributed by atoms with Crippen LogP contribution in [-0.2, 0) is 41.9 Å². The third-order valence-electron chi connectivity index (χ3n) is 31.3. The molecule has 3 atom stereocenters. The first-order chi connectivity index (χ1) is 68.9. The van der Waals surface area contributed by atoms with Crippen molar-refractivity contribution in [3.05, 3.63) is 264 Å². The number of nitrogens with zero attached hydrogens (tertiary/aromatic N) is 13. The maximum atomic E-state index is 13.8. The van der Waals surface area contributed by atoms with Crippen molar-refractivity contribution in [1.82, 2.24) is 78.7 Å². The first-order valence-electron chi connectivity index (χ1n) is 50.0. The molecule has 10 aliphatic rings. The van der Waals surface area contributed by atoms with E-state index >= 15 is 0 Å². The van der Waals surface area contributed by atoms with Gasteiger partial charge in [0, 0.05) is 138 Å². The predicted molar refractivity (Wildman–Crippen MR) is 567 cm³/mol. The zero-order valence-corrected chi connectivity index (χ0v) is 85.6. The monoisotopic (exact) mass is 1980 g/mol. The number of rotatable bonds is 24. The first kappa shape index (κ1) is 100. The summed E-state index contributed by atoms with van der Waals surface area (Å²) in [7, 11) is 1.97. The minimum atomic E-state index is -1.12. The van der Waals surface area contributed by atoms with Gasteiger partial charge in [0.25, 0.3) is 23.6 Å². The van der Waals surface area contributed by atoms with Crippen LogP contribution in [-0.4, -0.2) is 188 Å². The van der Waals surface area contributed by atoms with Gasteiger partial charge >= 0.3 is 0 Å². The molecule has 4 spiro atoms. The molecule has 1 unspecified atom stereocenters. The van der Waals surface area contributed by atoms with E-state index in [1.807, 2.05) is 117 Å². The van der Waals surface area contributed by atoms with Crippen molar-refractivity contribution in [2.24, 2.45) is 32.5 Å². The van der Waals surface area contributed by atoms with Crippen molar-refractivity contribution < 1.29 is 47.2 Å². The van der Waals surface area contributed by atoms with Crippen LogP contribution >= 0.6 is 22.7 Å². The van der Waals surface area contributed by atoms with Crippen LogP contribution in [0.2, 0.25) is 0 Å². The van der Waals surface area contributed by atoms with Gasteiger partial charge in [-0.15, -0.1) is 22.7 Å². The number of imidazole rings is 4. The van der Waals surface area contributed by atoms with E-state index in [4.69, 9.17) is 24.4 Å². The molecule has 144 heavy (non-hydrogen) atoms. The summed E-state index contributed by atoms with van der Waals surface area (Å²) in [5, 5.41) is 22.4. The Labute approximate surface area is 847 Å². The predicted octanol–water partition coefficient (Wildman–Crippen LogP) is 19.9. The van der Waals surface area contributed by atoms with Gasteiger partial charge in [0.05, 0.1) is 70.6 Å². The topological polar surface area (TPSA) is 321 Å². The fourth-order valence-electron chi connectivity index (χ4n) is 22.1. The SMILES string of the molecule is C=CC(=O)N1CCC2(CC(n3c(NC(=O)C4=CCN(C)C=C4)nc4ccccc43)C2)C1.C=CC(=O)N1CCC2(CC(n3c(NC(=O)C4=CNC(=C)C=C4)nc4ccccc43)C2)C1.C=CC(=O)N1CCC2(CC(n3c(NC(=O)c4ccc(-c5ccco5)s4)nc4cc(CN[C@@H](C)C(C)(C)C)ccc43)C2)C1.C=CC(=O)N1CCC2(CC(n3c(NC(=O)c4ccc(C(C)F)s4)nc4cc(CN[C@@H](C)C(C)(C)C)ccc43)C2)C1. The number of halogens is 1. The third-order valence-corrected chi connectivity index (χ3v) is 33.6. The molecule has 32 heteroatoms. The highest BCUT2D eigenvalue weighted by atomic mass is 32.1. The van der Waals surface area contributed by atoms with E-state index in [-0.39, 0.29) is 104 Å². The van der Waals surface area contributed by atoms with Crippen LogP contribution in [0.15, 0.2) is 243 Å². The molecule has 4 saturated heterocycles. The van der Waals surface area contributed by atoms with Gasteiger partial charge in [-0.3, -0.25) is 59.6 Å². The number of anilines is 4. The zero-order valence-electron chi connectivity index (χ0n) is 83.9. The Kier molecular flexibility index (Phi) is 28.5. The highest BCUT2D eigenvalue weighted by Gasteiger charge is 2.55. The molecule has 6 aliphatic heterocycles. The second-order valence-electron chi connectivity index (χ2n) is 43.2. The molecule has 8 fully saturated rings. The highest BCUT2D eigenvalue weighted by molar-refractivity contribution is 7.17. The van der Waals surface area contributed by atoms with Crippen LogP contribution in [0.25, 0.3) is 54.8 Å². The number of hydrogen-bond donors (Lipinski definition) is 7. The number of carbonyl (C=O) groups is 8. The molecule has 8 amide bonds.